The number of aliphatic carboxylic acids is 1. The number of carboxylic acid groups (broad SMARTS) is 1. The number of nitrogens with zero attached hydrogens (tertiary/aromatic N) is 7. The molecule has 1 saturated heterocycles. The van der Waals surface area contributed by atoms with Crippen molar-refractivity contribution in [1.29, 1.82) is 0 Å². The fourth-order valence-electron chi connectivity index (χ4n) is 2.71. The van der Waals surface area contributed by atoms with Gasteiger partial charge >= 0.3 is 5.97 Å². The number of carbonyl (C=O) groups is 3. The van der Waals surface area contributed by atoms with Crippen LogP contribution in [0, 0.1) is 6.92 Å². The summed E-state index contributed by atoms with van der Waals surface area (Å²) in [6.45, 7) is 1.68. The van der Waals surface area contributed by atoms with E-state index in [1.165, 1.54) is 50.8 Å². The van der Waals surface area contributed by atoms with Crippen LogP contribution in [-0.4, -0.2) is 75.4 Å². The zero-order valence-corrected chi connectivity index (χ0v) is 16.6. The van der Waals surface area contributed by atoms with Crippen molar-refractivity contribution < 1.29 is 19.5 Å². The lowest BCUT2D eigenvalue weighted by atomic mass is 10.1. The Kier molecular flexibility index (Phi) is 5.03. The first kappa shape index (κ1) is 18.8. The van der Waals surface area contributed by atoms with E-state index in [9.17, 15) is 19.5 Å². The van der Waals surface area contributed by atoms with Gasteiger partial charge in [0.05, 0.1) is 0 Å². The molecule has 2 unspecified atom stereocenters. The molecule has 4 heterocycles. The first-order chi connectivity index (χ1) is 13.4. The third-order valence-electron chi connectivity index (χ3n) is 3.87. The second-order valence-electron chi connectivity index (χ2n) is 5.73. The molecule has 146 valence electrons. The molecule has 28 heavy (non-hydrogen) atoms. The van der Waals surface area contributed by atoms with Gasteiger partial charge in [-0.25, -0.2) is 9.48 Å². The van der Waals surface area contributed by atoms with Gasteiger partial charge in [0.1, 0.15) is 35.0 Å². The Morgan fingerprint density at radius 2 is 2.25 bits per heavy atom. The molecule has 2 amide bonds. The number of carbonyl (C=O) groups excluding carboxylic acids is 2. The number of β-lactam (4-membered cyclic amide) rings is 1. The van der Waals surface area contributed by atoms with E-state index in [0.29, 0.717) is 15.0 Å². The molecule has 0 bridgehead atoms. The van der Waals surface area contributed by atoms with Crippen LogP contribution in [0.15, 0.2) is 21.3 Å². The highest BCUT2D eigenvalue weighted by Crippen LogP contribution is 2.45. The highest BCUT2D eigenvalue weighted by molar-refractivity contribution is 8.07. The van der Waals surface area contributed by atoms with E-state index in [1.807, 2.05) is 6.92 Å². The fourth-order valence-corrected chi connectivity index (χ4v) is 6.17. The lowest BCUT2D eigenvalue weighted by Gasteiger charge is -2.49. The van der Waals surface area contributed by atoms with Crippen molar-refractivity contribution in [2.45, 2.75) is 29.2 Å². The lowest BCUT2D eigenvalue weighted by molar-refractivity contribution is -0.150. The Labute approximate surface area is 169 Å². The van der Waals surface area contributed by atoms with Crippen molar-refractivity contribution in [3.63, 3.8) is 0 Å². The van der Waals surface area contributed by atoms with Crippen LogP contribution < -0.4 is 5.32 Å². The summed E-state index contributed by atoms with van der Waals surface area (Å²) in [5, 5.41) is 30.9. The molecule has 2 aliphatic heterocycles. The Balaban J connectivity index is 1.49. The van der Waals surface area contributed by atoms with Crippen LogP contribution in [0.2, 0.25) is 0 Å². The number of amides is 2. The molecule has 0 aromatic carbocycles. The smallest absolute Gasteiger partial charge is 0.353 e. The number of fused-ring (bicyclic) bond motifs is 1. The van der Waals surface area contributed by atoms with E-state index < -0.39 is 29.2 Å². The summed E-state index contributed by atoms with van der Waals surface area (Å²) >= 11 is 3.94. The summed E-state index contributed by atoms with van der Waals surface area (Å²) < 4.78 is 1.84. The first-order valence-corrected chi connectivity index (χ1v) is 10.5. The largest absolute Gasteiger partial charge is 0.477 e. The lowest BCUT2D eigenvalue weighted by Crippen LogP contribution is -2.70. The van der Waals surface area contributed by atoms with Crippen LogP contribution in [0.5, 0.6) is 0 Å². The Morgan fingerprint density at radius 1 is 1.43 bits per heavy atom. The summed E-state index contributed by atoms with van der Waals surface area (Å²) in [6.07, 6.45) is 1.29. The van der Waals surface area contributed by atoms with Gasteiger partial charge in [0, 0.05) is 10.7 Å². The zero-order chi connectivity index (χ0) is 19.8. The van der Waals surface area contributed by atoms with Gasteiger partial charge in [0.25, 0.3) is 5.91 Å². The number of aromatic nitrogens is 6. The molecule has 0 spiro atoms. The molecule has 12 nitrogen and oxygen atoms in total. The molecule has 0 aliphatic carbocycles. The molecule has 4 rings (SSSR count). The SMILES string of the molecule is Cc1nnc(SC2=C(C(=O)O)N3C(=O)C(NC(=O)Cn4cnnn4)C3SC2)s1. The van der Waals surface area contributed by atoms with Gasteiger partial charge in [-0.2, -0.15) is 0 Å². The van der Waals surface area contributed by atoms with Crippen molar-refractivity contribution >= 4 is 52.6 Å². The van der Waals surface area contributed by atoms with Crippen molar-refractivity contribution in [1.82, 2.24) is 40.6 Å². The highest BCUT2D eigenvalue weighted by atomic mass is 32.2. The molecule has 2 aromatic rings. The zero-order valence-electron chi connectivity index (χ0n) is 14.2. The number of rotatable bonds is 6. The number of nitrogens with one attached hydrogen (secondary N) is 1. The Bertz CT molecular complexity index is 974. The van der Waals surface area contributed by atoms with Gasteiger partial charge in [-0.05, 0) is 17.4 Å². The molecule has 15 heteroatoms. The minimum absolute atomic E-state index is 0.0717. The van der Waals surface area contributed by atoms with E-state index in [2.05, 4.69) is 31.0 Å². The molecule has 0 radical (unpaired) electrons. The molecule has 2 N–H and O–H groups in total. The van der Waals surface area contributed by atoms with Gasteiger partial charge in [-0.15, -0.1) is 27.1 Å². The maximum Gasteiger partial charge on any atom is 0.353 e. The van der Waals surface area contributed by atoms with Crippen molar-refractivity contribution in [3.8, 4) is 0 Å². The summed E-state index contributed by atoms with van der Waals surface area (Å²) in [4.78, 5) is 38.2. The summed E-state index contributed by atoms with van der Waals surface area (Å²) in [5.41, 5.74) is -0.0717. The maximum atomic E-state index is 12.6. The predicted molar refractivity (Wildman–Crippen MR) is 98.0 cm³/mol. The van der Waals surface area contributed by atoms with Crippen LogP contribution in [0.25, 0.3) is 0 Å². The van der Waals surface area contributed by atoms with E-state index in [0.717, 1.165) is 5.01 Å². The minimum atomic E-state index is -1.19. The average molecular weight is 440 g/mol. The van der Waals surface area contributed by atoms with E-state index in [1.54, 1.807) is 0 Å². The van der Waals surface area contributed by atoms with Crippen LogP contribution in [-0.2, 0) is 20.9 Å². The summed E-state index contributed by atoms with van der Waals surface area (Å²) in [6, 6.07) is -0.793. The second-order valence-corrected chi connectivity index (χ2v) is 9.36. The molecular weight excluding hydrogens is 428 g/mol. The number of thioether (sulfide) groups is 2. The standard InChI is InChI=1S/C13H12N8O4S3/c1-5-16-17-13(27-5)28-6-3-26-11-8(10(23)21(11)9(6)12(24)25)15-7(22)2-20-4-14-18-19-20/h4,8,11H,2-3H2,1H3,(H,15,22)(H,24,25). The monoisotopic (exact) mass is 440 g/mol. The van der Waals surface area contributed by atoms with Crippen LogP contribution in [0.4, 0.5) is 0 Å². The van der Waals surface area contributed by atoms with Gasteiger partial charge in [0.2, 0.25) is 5.91 Å². The molecule has 2 aromatic heterocycles. The van der Waals surface area contributed by atoms with Gasteiger partial charge in [-0.1, -0.05) is 23.1 Å². The van der Waals surface area contributed by atoms with E-state index in [4.69, 9.17) is 0 Å². The van der Waals surface area contributed by atoms with Gasteiger partial charge in [-0.3, -0.25) is 14.5 Å². The van der Waals surface area contributed by atoms with Crippen molar-refractivity contribution in [2.24, 2.45) is 0 Å². The average Bonchev–Trinajstić information content (AvgIpc) is 3.30. The topological polar surface area (TPSA) is 156 Å². The fraction of sp³-hybridized carbons (Fsp3) is 0.385. The van der Waals surface area contributed by atoms with Crippen molar-refractivity contribution in [3.05, 3.63) is 21.9 Å². The second kappa shape index (κ2) is 7.48. The molecule has 1 fully saturated rings. The normalized spacial score (nSPS) is 21.3. The van der Waals surface area contributed by atoms with E-state index >= 15 is 0 Å². The number of tetrazole rings is 1. The molecule has 2 aliphatic rings. The molecular formula is C13H12N8O4S3. The van der Waals surface area contributed by atoms with Crippen LogP contribution >= 0.6 is 34.9 Å². The number of hydrogen-bond donors (Lipinski definition) is 2. The number of hydrogen-bond acceptors (Lipinski definition) is 11. The highest BCUT2D eigenvalue weighted by Gasteiger charge is 2.54. The van der Waals surface area contributed by atoms with Crippen LogP contribution in [0.3, 0.4) is 0 Å². The number of aryl methyl sites for hydroxylation is 1. The Hall–Kier alpha value is -2.52. The molecule has 2 atom stereocenters. The van der Waals surface area contributed by atoms with Crippen LogP contribution in [0.1, 0.15) is 5.01 Å². The predicted octanol–water partition coefficient (Wildman–Crippen LogP) is -0.679. The van der Waals surface area contributed by atoms with Gasteiger partial charge < -0.3 is 10.4 Å². The quantitative estimate of drug-likeness (QED) is 0.549. The minimum Gasteiger partial charge on any atom is -0.477 e. The summed E-state index contributed by atoms with van der Waals surface area (Å²) in [7, 11) is 0. The summed E-state index contributed by atoms with van der Waals surface area (Å²) in [5.74, 6) is -1.71. The third kappa shape index (κ3) is 3.47. The van der Waals surface area contributed by atoms with E-state index in [-0.39, 0.29) is 12.2 Å². The van der Waals surface area contributed by atoms with Crippen molar-refractivity contribution in [2.75, 3.05) is 5.75 Å². The molecule has 0 saturated carbocycles. The number of carboxylic acids is 1. The Morgan fingerprint density at radius 3 is 2.89 bits per heavy atom. The van der Waals surface area contributed by atoms with Gasteiger partial charge in [0.15, 0.2) is 4.34 Å². The third-order valence-corrected chi connectivity index (χ3v) is 7.30. The first-order valence-electron chi connectivity index (χ1n) is 7.83. The maximum absolute atomic E-state index is 12.6.